The fraction of sp³-hybridized carbons (Fsp3) is 0.538. The van der Waals surface area contributed by atoms with Gasteiger partial charge in [-0.15, -0.1) is 0 Å². The molecule has 0 heterocycles. The number of methoxy groups -OCH3 is 1. The predicted molar refractivity (Wildman–Crippen MR) is 85.8 cm³/mol. The molecule has 1 rings (SSSR count). The maximum absolute atomic E-state index is 12.3. The van der Waals surface area contributed by atoms with Crippen LogP contribution in [0.2, 0.25) is 0 Å². The van der Waals surface area contributed by atoms with Crippen molar-refractivity contribution in [2.24, 2.45) is 5.92 Å². The first-order valence-corrected chi connectivity index (χ1v) is 8.83. The fourth-order valence-corrected chi connectivity index (χ4v) is 3.33. The molecule has 0 aliphatic heterocycles. The molecule has 1 aromatic carbocycles. The number of hydrogen-bond acceptors (Lipinski definition) is 5. The summed E-state index contributed by atoms with van der Waals surface area (Å²) in [7, 11) is -2.28. The lowest BCUT2D eigenvalue weighted by Gasteiger charge is -2.13. The normalized spacial score (nSPS) is 13.1. The van der Waals surface area contributed by atoms with Crippen molar-refractivity contribution in [1.82, 2.24) is 4.72 Å². The summed E-state index contributed by atoms with van der Waals surface area (Å²) in [5.41, 5.74) is 6.06. The molecule has 0 fully saturated rings. The van der Waals surface area contributed by atoms with Crippen LogP contribution in [0.15, 0.2) is 21.5 Å². The zero-order chi connectivity index (χ0) is 16.0. The van der Waals surface area contributed by atoms with Gasteiger partial charge in [0.05, 0.1) is 7.11 Å². The van der Waals surface area contributed by atoms with Crippen molar-refractivity contribution < 1.29 is 18.3 Å². The Balaban J connectivity index is 2.81. The summed E-state index contributed by atoms with van der Waals surface area (Å²) in [5, 5.41) is 8.92. The molecule has 21 heavy (non-hydrogen) atoms. The van der Waals surface area contributed by atoms with Crippen molar-refractivity contribution >= 4 is 31.6 Å². The molecule has 0 saturated carbocycles. The maximum Gasteiger partial charge on any atom is 0.244 e. The minimum absolute atomic E-state index is 0.0147. The highest BCUT2D eigenvalue weighted by atomic mass is 79.9. The molecule has 1 aromatic rings. The smallest absolute Gasteiger partial charge is 0.244 e. The number of rotatable bonds is 8. The second kappa shape index (κ2) is 7.98. The van der Waals surface area contributed by atoms with E-state index < -0.39 is 10.0 Å². The van der Waals surface area contributed by atoms with E-state index in [0.717, 1.165) is 6.42 Å². The first kappa shape index (κ1) is 18.2. The quantitative estimate of drug-likeness (QED) is 0.470. The fourth-order valence-electron chi connectivity index (χ4n) is 1.75. The Hall–Kier alpha value is -0.830. The molecule has 0 aliphatic rings. The van der Waals surface area contributed by atoms with Gasteiger partial charge in [0.25, 0.3) is 0 Å². The Morgan fingerprint density at radius 2 is 2.14 bits per heavy atom. The molecular formula is C13H21BrN2O4S. The number of aliphatic hydroxyl groups is 1. The standard InChI is InChI=1S/C13H21BrN2O4S/c1-9(8-17)4-3-5-16-21(18,19)13-7-11(15)10(14)6-12(13)20-2/h6-7,9,16-17H,3-5,8,15H2,1-2H3. The van der Waals surface area contributed by atoms with Gasteiger partial charge in [-0.25, -0.2) is 13.1 Å². The third-order valence-corrected chi connectivity index (χ3v) is 5.22. The molecule has 8 heteroatoms. The van der Waals surface area contributed by atoms with E-state index in [2.05, 4.69) is 20.7 Å². The van der Waals surface area contributed by atoms with Gasteiger partial charge in [-0.1, -0.05) is 6.92 Å². The molecule has 0 spiro atoms. The number of nitrogen functional groups attached to an aromatic ring is 1. The summed E-state index contributed by atoms with van der Waals surface area (Å²) < 4.78 is 32.7. The first-order chi connectivity index (χ1) is 9.81. The minimum Gasteiger partial charge on any atom is -0.495 e. The van der Waals surface area contributed by atoms with Crippen LogP contribution in [0.5, 0.6) is 5.75 Å². The highest BCUT2D eigenvalue weighted by Crippen LogP contribution is 2.32. The van der Waals surface area contributed by atoms with Gasteiger partial charge in [0.1, 0.15) is 10.6 Å². The van der Waals surface area contributed by atoms with E-state index in [1.165, 1.54) is 19.2 Å². The lowest BCUT2D eigenvalue weighted by atomic mass is 10.1. The number of benzene rings is 1. The minimum atomic E-state index is -3.69. The number of nitrogens with two attached hydrogens (primary N) is 1. The van der Waals surface area contributed by atoms with Gasteiger partial charge in [-0.3, -0.25) is 0 Å². The third kappa shape index (κ3) is 5.14. The molecule has 0 aromatic heterocycles. The molecular weight excluding hydrogens is 360 g/mol. The van der Waals surface area contributed by atoms with Crippen LogP contribution in [0.4, 0.5) is 5.69 Å². The van der Waals surface area contributed by atoms with Gasteiger partial charge in [0.15, 0.2) is 0 Å². The van der Waals surface area contributed by atoms with Crippen molar-refractivity contribution in [3.05, 3.63) is 16.6 Å². The maximum atomic E-state index is 12.3. The van der Waals surface area contributed by atoms with Crippen LogP contribution in [0.25, 0.3) is 0 Å². The Bertz CT molecular complexity index is 578. The van der Waals surface area contributed by atoms with Gasteiger partial charge >= 0.3 is 0 Å². The van der Waals surface area contributed by atoms with Gasteiger partial charge in [-0.2, -0.15) is 0 Å². The van der Waals surface area contributed by atoms with Crippen molar-refractivity contribution in [1.29, 1.82) is 0 Å². The van der Waals surface area contributed by atoms with Crippen LogP contribution in [0, 0.1) is 5.92 Å². The summed E-state index contributed by atoms with van der Waals surface area (Å²) in [6.07, 6.45) is 1.40. The van der Waals surface area contributed by atoms with Crippen LogP contribution in [0.3, 0.4) is 0 Å². The van der Waals surface area contributed by atoms with Crippen molar-refractivity contribution in [2.75, 3.05) is 26.0 Å². The van der Waals surface area contributed by atoms with E-state index in [4.69, 9.17) is 15.6 Å². The summed E-state index contributed by atoms with van der Waals surface area (Å²) in [6.45, 7) is 2.31. The SMILES string of the molecule is COc1cc(Br)c(N)cc1S(=O)(=O)NCCCC(C)CO. The van der Waals surface area contributed by atoms with Crippen molar-refractivity contribution in [3.8, 4) is 5.75 Å². The predicted octanol–water partition coefficient (Wildman–Crippen LogP) is 1.73. The lowest BCUT2D eigenvalue weighted by molar-refractivity contribution is 0.228. The highest BCUT2D eigenvalue weighted by Gasteiger charge is 2.20. The molecule has 120 valence electrons. The van der Waals surface area contributed by atoms with E-state index in [-0.39, 0.29) is 23.2 Å². The van der Waals surface area contributed by atoms with Gasteiger partial charge in [-0.05, 0) is 46.8 Å². The zero-order valence-electron chi connectivity index (χ0n) is 12.1. The number of anilines is 1. The summed E-state index contributed by atoms with van der Waals surface area (Å²) >= 11 is 3.23. The van der Waals surface area contributed by atoms with Crippen LogP contribution in [-0.2, 0) is 10.0 Å². The molecule has 1 unspecified atom stereocenters. The number of sulfonamides is 1. The van der Waals surface area contributed by atoms with Gasteiger partial charge < -0.3 is 15.6 Å². The summed E-state index contributed by atoms with van der Waals surface area (Å²) in [5.74, 6) is 0.389. The average molecular weight is 381 g/mol. The van der Waals surface area contributed by atoms with Gasteiger partial charge in [0, 0.05) is 23.3 Å². The second-order valence-corrected chi connectivity index (χ2v) is 7.44. The van der Waals surface area contributed by atoms with Crippen molar-refractivity contribution in [3.63, 3.8) is 0 Å². The molecule has 4 N–H and O–H groups in total. The molecule has 0 bridgehead atoms. The Morgan fingerprint density at radius 1 is 1.48 bits per heavy atom. The molecule has 0 aliphatic carbocycles. The zero-order valence-corrected chi connectivity index (χ0v) is 14.5. The number of aliphatic hydroxyl groups excluding tert-OH is 1. The van der Waals surface area contributed by atoms with Crippen LogP contribution in [-0.4, -0.2) is 33.8 Å². The van der Waals surface area contributed by atoms with Crippen LogP contribution in [0.1, 0.15) is 19.8 Å². The summed E-state index contributed by atoms with van der Waals surface area (Å²) in [4.78, 5) is 0.0147. The molecule has 0 saturated heterocycles. The topological polar surface area (TPSA) is 102 Å². The van der Waals surface area contributed by atoms with E-state index in [1.807, 2.05) is 6.92 Å². The number of halogens is 1. The van der Waals surface area contributed by atoms with Gasteiger partial charge in [0.2, 0.25) is 10.0 Å². The molecule has 0 amide bonds. The van der Waals surface area contributed by atoms with E-state index in [1.54, 1.807) is 0 Å². The molecule has 1 atom stereocenters. The number of nitrogens with one attached hydrogen (secondary N) is 1. The average Bonchev–Trinajstić information content (AvgIpc) is 2.45. The lowest BCUT2D eigenvalue weighted by Crippen LogP contribution is -2.26. The highest BCUT2D eigenvalue weighted by molar-refractivity contribution is 9.10. The van der Waals surface area contributed by atoms with E-state index in [9.17, 15) is 8.42 Å². The number of ether oxygens (including phenoxy) is 1. The van der Waals surface area contributed by atoms with Crippen LogP contribution >= 0.6 is 15.9 Å². The summed E-state index contributed by atoms with van der Waals surface area (Å²) in [6, 6.07) is 2.89. The number of hydrogen-bond donors (Lipinski definition) is 3. The van der Waals surface area contributed by atoms with Crippen molar-refractivity contribution in [2.45, 2.75) is 24.7 Å². The molecule has 6 nitrogen and oxygen atoms in total. The third-order valence-electron chi connectivity index (χ3n) is 3.05. The van der Waals surface area contributed by atoms with E-state index >= 15 is 0 Å². The first-order valence-electron chi connectivity index (χ1n) is 6.55. The second-order valence-electron chi connectivity index (χ2n) is 4.85. The monoisotopic (exact) mass is 380 g/mol. The molecule has 0 radical (unpaired) electrons. The Labute approximate surface area is 133 Å². The Morgan fingerprint density at radius 3 is 2.71 bits per heavy atom. The largest absolute Gasteiger partial charge is 0.495 e. The van der Waals surface area contributed by atoms with E-state index in [0.29, 0.717) is 23.1 Å². The van der Waals surface area contributed by atoms with Crippen LogP contribution < -0.4 is 15.2 Å². The Kier molecular flexibility index (Phi) is 6.92.